The second kappa shape index (κ2) is 6.20. The highest BCUT2D eigenvalue weighted by Gasteiger charge is 2.27. The van der Waals surface area contributed by atoms with Crippen LogP contribution < -0.4 is 0 Å². The van der Waals surface area contributed by atoms with Crippen molar-refractivity contribution < 1.29 is 5.11 Å². The number of rotatable bonds is 3. The summed E-state index contributed by atoms with van der Waals surface area (Å²) >= 11 is 12.0. The predicted molar refractivity (Wildman–Crippen MR) is 74.0 cm³/mol. The van der Waals surface area contributed by atoms with E-state index >= 15 is 0 Å². The number of aliphatic hydroxyl groups excluding tert-OH is 1. The van der Waals surface area contributed by atoms with E-state index < -0.39 is 0 Å². The lowest BCUT2D eigenvalue weighted by Crippen LogP contribution is -2.43. The summed E-state index contributed by atoms with van der Waals surface area (Å²) in [6.45, 7) is 0.612. The molecule has 1 saturated carbocycles. The van der Waals surface area contributed by atoms with E-state index in [1.165, 1.54) is 6.42 Å². The minimum atomic E-state index is -0.248. The highest BCUT2D eigenvalue weighted by molar-refractivity contribution is 6.32. The van der Waals surface area contributed by atoms with Gasteiger partial charge in [0.25, 0.3) is 0 Å². The fourth-order valence-corrected chi connectivity index (χ4v) is 2.86. The van der Waals surface area contributed by atoms with Crippen molar-refractivity contribution in [3.05, 3.63) is 28.0 Å². The van der Waals surface area contributed by atoms with Crippen LogP contribution in [-0.4, -0.2) is 34.2 Å². The summed E-state index contributed by atoms with van der Waals surface area (Å²) in [5.74, 6) is 0. The van der Waals surface area contributed by atoms with E-state index in [2.05, 4.69) is 9.88 Å². The number of hydrogen-bond acceptors (Lipinski definition) is 3. The van der Waals surface area contributed by atoms with E-state index in [0.29, 0.717) is 16.7 Å². The highest BCUT2D eigenvalue weighted by atomic mass is 35.5. The SMILES string of the molecule is CN(Cc1nc(Cl)ccc1Cl)C1CCCCC1O. The summed E-state index contributed by atoms with van der Waals surface area (Å²) < 4.78 is 0. The fourth-order valence-electron chi connectivity index (χ4n) is 2.53. The molecule has 5 heteroatoms. The van der Waals surface area contributed by atoms with Gasteiger partial charge in [-0.15, -0.1) is 0 Å². The van der Waals surface area contributed by atoms with Crippen molar-refractivity contribution in [1.29, 1.82) is 0 Å². The van der Waals surface area contributed by atoms with Crippen molar-refractivity contribution in [2.75, 3.05) is 7.05 Å². The average molecular weight is 289 g/mol. The molecule has 0 saturated heterocycles. The van der Waals surface area contributed by atoms with Crippen LogP contribution in [0, 0.1) is 0 Å². The number of hydrogen-bond donors (Lipinski definition) is 1. The van der Waals surface area contributed by atoms with E-state index in [0.717, 1.165) is 25.0 Å². The molecule has 0 radical (unpaired) electrons. The molecule has 0 aliphatic heterocycles. The Bertz CT molecular complexity index is 414. The largest absolute Gasteiger partial charge is 0.391 e. The van der Waals surface area contributed by atoms with E-state index in [9.17, 15) is 5.11 Å². The normalized spacial score (nSPS) is 24.5. The fraction of sp³-hybridized carbons (Fsp3) is 0.615. The molecular formula is C13H18Cl2N2O. The molecule has 3 nitrogen and oxygen atoms in total. The topological polar surface area (TPSA) is 36.4 Å². The summed E-state index contributed by atoms with van der Waals surface area (Å²) in [5, 5.41) is 11.1. The molecule has 1 aromatic heterocycles. The number of nitrogens with zero attached hydrogens (tertiary/aromatic N) is 2. The molecule has 1 aromatic rings. The minimum Gasteiger partial charge on any atom is -0.391 e. The first-order chi connectivity index (χ1) is 8.58. The van der Waals surface area contributed by atoms with Gasteiger partial charge in [-0.25, -0.2) is 4.98 Å². The first-order valence-electron chi connectivity index (χ1n) is 6.27. The Morgan fingerprint density at radius 2 is 2.06 bits per heavy atom. The van der Waals surface area contributed by atoms with Crippen molar-refractivity contribution in [3.8, 4) is 0 Å². The van der Waals surface area contributed by atoms with Gasteiger partial charge < -0.3 is 5.11 Å². The number of aliphatic hydroxyl groups is 1. The Morgan fingerprint density at radius 1 is 1.33 bits per heavy atom. The smallest absolute Gasteiger partial charge is 0.129 e. The third-order valence-electron chi connectivity index (χ3n) is 3.54. The molecule has 2 atom stereocenters. The zero-order valence-electron chi connectivity index (χ0n) is 10.4. The molecule has 18 heavy (non-hydrogen) atoms. The van der Waals surface area contributed by atoms with Crippen molar-refractivity contribution in [2.45, 2.75) is 44.4 Å². The van der Waals surface area contributed by atoms with Crippen LogP contribution >= 0.6 is 23.2 Å². The van der Waals surface area contributed by atoms with E-state index in [1.54, 1.807) is 12.1 Å². The zero-order chi connectivity index (χ0) is 13.1. The second-order valence-corrected chi connectivity index (χ2v) is 5.69. The van der Waals surface area contributed by atoms with Crippen molar-refractivity contribution in [1.82, 2.24) is 9.88 Å². The van der Waals surface area contributed by atoms with Crippen LogP contribution in [0.5, 0.6) is 0 Å². The van der Waals surface area contributed by atoms with E-state index in [-0.39, 0.29) is 12.1 Å². The van der Waals surface area contributed by atoms with Gasteiger partial charge in [0.2, 0.25) is 0 Å². The first kappa shape index (κ1) is 14.1. The zero-order valence-corrected chi connectivity index (χ0v) is 12.0. The number of aromatic nitrogens is 1. The lowest BCUT2D eigenvalue weighted by Gasteiger charge is -2.35. The standard InChI is InChI=1S/C13H18Cl2N2O/c1-17(11-4-2-3-5-12(11)18)8-10-9(14)6-7-13(15)16-10/h6-7,11-12,18H,2-5,8H2,1H3. The quantitative estimate of drug-likeness (QED) is 0.869. The molecule has 2 unspecified atom stereocenters. The lowest BCUT2D eigenvalue weighted by molar-refractivity contribution is 0.0283. The third-order valence-corrected chi connectivity index (χ3v) is 4.10. The molecule has 0 amide bonds. The summed E-state index contributed by atoms with van der Waals surface area (Å²) in [6.07, 6.45) is 3.94. The average Bonchev–Trinajstić information content (AvgIpc) is 2.34. The summed E-state index contributed by atoms with van der Waals surface area (Å²) in [4.78, 5) is 6.36. The Morgan fingerprint density at radius 3 is 2.78 bits per heavy atom. The molecule has 1 heterocycles. The predicted octanol–water partition coefficient (Wildman–Crippen LogP) is 3.12. The Kier molecular flexibility index (Phi) is 4.84. The van der Waals surface area contributed by atoms with Gasteiger partial charge in [-0.3, -0.25) is 4.90 Å². The molecule has 1 aliphatic rings. The molecule has 0 bridgehead atoms. The van der Waals surface area contributed by atoms with Crippen LogP contribution in [0.1, 0.15) is 31.4 Å². The minimum absolute atomic E-state index is 0.190. The van der Waals surface area contributed by atoms with E-state index in [1.807, 2.05) is 7.05 Å². The Labute approximate surface area is 118 Å². The molecule has 0 spiro atoms. The van der Waals surface area contributed by atoms with Crippen molar-refractivity contribution in [3.63, 3.8) is 0 Å². The molecule has 1 N–H and O–H groups in total. The summed E-state index contributed by atoms with van der Waals surface area (Å²) in [6, 6.07) is 3.64. The van der Waals surface area contributed by atoms with Gasteiger partial charge in [-0.05, 0) is 32.0 Å². The maximum atomic E-state index is 10.0. The van der Waals surface area contributed by atoms with Crippen molar-refractivity contribution >= 4 is 23.2 Å². The third kappa shape index (κ3) is 3.35. The summed E-state index contributed by atoms with van der Waals surface area (Å²) in [5.41, 5.74) is 0.768. The molecular weight excluding hydrogens is 271 g/mol. The van der Waals surface area contributed by atoms with Crippen LogP contribution in [0.25, 0.3) is 0 Å². The maximum Gasteiger partial charge on any atom is 0.129 e. The van der Waals surface area contributed by atoms with Crippen LogP contribution in [0.2, 0.25) is 10.2 Å². The molecule has 100 valence electrons. The number of pyridine rings is 1. The monoisotopic (exact) mass is 288 g/mol. The van der Waals surface area contributed by atoms with Gasteiger partial charge in [-0.1, -0.05) is 36.0 Å². The van der Waals surface area contributed by atoms with Gasteiger partial charge >= 0.3 is 0 Å². The van der Waals surface area contributed by atoms with Crippen LogP contribution in [0.4, 0.5) is 0 Å². The molecule has 1 aliphatic carbocycles. The molecule has 0 aromatic carbocycles. The Hall–Kier alpha value is -0.350. The molecule has 1 fully saturated rings. The van der Waals surface area contributed by atoms with Crippen LogP contribution in [-0.2, 0) is 6.54 Å². The van der Waals surface area contributed by atoms with Crippen LogP contribution in [0.15, 0.2) is 12.1 Å². The van der Waals surface area contributed by atoms with Gasteiger partial charge in [0.15, 0.2) is 0 Å². The maximum absolute atomic E-state index is 10.0. The van der Waals surface area contributed by atoms with Crippen LogP contribution in [0.3, 0.4) is 0 Å². The van der Waals surface area contributed by atoms with E-state index in [4.69, 9.17) is 23.2 Å². The lowest BCUT2D eigenvalue weighted by atomic mass is 9.91. The number of likely N-dealkylation sites (N-methyl/N-ethyl adjacent to an activating group) is 1. The Balaban J connectivity index is 2.05. The number of halogens is 2. The first-order valence-corrected chi connectivity index (χ1v) is 7.03. The van der Waals surface area contributed by atoms with Crippen molar-refractivity contribution in [2.24, 2.45) is 0 Å². The highest BCUT2D eigenvalue weighted by Crippen LogP contribution is 2.25. The second-order valence-electron chi connectivity index (χ2n) is 4.90. The van der Waals surface area contributed by atoms with Gasteiger partial charge in [0.05, 0.1) is 16.8 Å². The van der Waals surface area contributed by atoms with Gasteiger partial charge in [-0.2, -0.15) is 0 Å². The van der Waals surface area contributed by atoms with Gasteiger partial charge in [0.1, 0.15) is 5.15 Å². The summed E-state index contributed by atoms with van der Waals surface area (Å²) in [7, 11) is 2.00. The molecule has 2 rings (SSSR count). The van der Waals surface area contributed by atoms with Gasteiger partial charge in [0, 0.05) is 12.6 Å².